The molecule has 0 saturated carbocycles. The summed E-state index contributed by atoms with van der Waals surface area (Å²) in [6, 6.07) is 13.0. The molecule has 24 heavy (non-hydrogen) atoms. The molecule has 1 aliphatic rings. The summed E-state index contributed by atoms with van der Waals surface area (Å²) in [5, 5.41) is 3.57. The van der Waals surface area contributed by atoms with Gasteiger partial charge in [0, 0.05) is 37.7 Å². The molecule has 0 bridgehead atoms. The summed E-state index contributed by atoms with van der Waals surface area (Å²) in [4.78, 5) is 6.67. The topological polar surface area (TPSA) is 37.4 Å². The van der Waals surface area contributed by atoms with Crippen molar-refractivity contribution in [3.8, 4) is 0 Å². The second-order valence-electron chi connectivity index (χ2n) is 6.80. The van der Waals surface area contributed by atoms with Gasteiger partial charge in [-0.1, -0.05) is 18.2 Å². The number of nitrogens with zero attached hydrogens (tertiary/aromatic N) is 2. The Hall–Kier alpha value is -1.91. The third-order valence-corrected chi connectivity index (χ3v) is 4.40. The molecule has 128 valence electrons. The summed E-state index contributed by atoms with van der Waals surface area (Å²) in [5.41, 5.74) is 3.68. The van der Waals surface area contributed by atoms with E-state index in [0.29, 0.717) is 12.2 Å². The molecule has 0 spiro atoms. The van der Waals surface area contributed by atoms with Crippen LogP contribution in [0.3, 0.4) is 0 Å². The first-order chi connectivity index (χ1) is 11.6. The Morgan fingerprint density at radius 3 is 2.71 bits per heavy atom. The normalized spacial score (nSPS) is 23.0. The van der Waals surface area contributed by atoms with Crippen molar-refractivity contribution in [1.82, 2.24) is 9.88 Å². The van der Waals surface area contributed by atoms with Gasteiger partial charge in [0.25, 0.3) is 0 Å². The molecular weight excluding hydrogens is 298 g/mol. The van der Waals surface area contributed by atoms with Crippen molar-refractivity contribution in [3.05, 3.63) is 59.9 Å². The van der Waals surface area contributed by atoms with Gasteiger partial charge in [0.15, 0.2) is 0 Å². The van der Waals surface area contributed by atoms with Gasteiger partial charge >= 0.3 is 0 Å². The number of ether oxygens (including phenoxy) is 1. The third-order valence-electron chi connectivity index (χ3n) is 4.40. The van der Waals surface area contributed by atoms with Gasteiger partial charge < -0.3 is 10.1 Å². The van der Waals surface area contributed by atoms with E-state index in [-0.39, 0.29) is 6.04 Å². The lowest BCUT2D eigenvalue weighted by molar-refractivity contribution is -0.0704. The summed E-state index contributed by atoms with van der Waals surface area (Å²) in [7, 11) is 0. The molecule has 0 radical (unpaired) electrons. The summed E-state index contributed by atoms with van der Waals surface area (Å²) in [6.45, 7) is 9.42. The Bertz CT molecular complexity index is 636. The van der Waals surface area contributed by atoms with Crippen LogP contribution in [0.25, 0.3) is 0 Å². The maximum atomic E-state index is 5.82. The Morgan fingerprint density at radius 1 is 1.21 bits per heavy atom. The van der Waals surface area contributed by atoms with Crippen molar-refractivity contribution in [2.45, 2.75) is 45.6 Å². The van der Waals surface area contributed by atoms with Crippen LogP contribution in [-0.4, -0.2) is 35.2 Å². The summed E-state index contributed by atoms with van der Waals surface area (Å²) < 4.78 is 5.82. The number of benzene rings is 1. The van der Waals surface area contributed by atoms with Gasteiger partial charge in [-0.2, -0.15) is 0 Å². The Kier molecular flexibility index (Phi) is 5.48. The van der Waals surface area contributed by atoms with Crippen molar-refractivity contribution in [2.24, 2.45) is 0 Å². The number of hydrogen-bond acceptors (Lipinski definition) is 4. The minimum absolute atomic E-state index is 0.234. The number of nitrogens with one attached hydrogen (secondary N) is 1. The molecule has 4 heteroatoms. The lowest BCUT2D eigenvalue weighted by Gasteiger charge is -2.35. The van der Waals surface area contributed by atoms with Gasteiger partial charge in [0.1, 0.15) is 0 Å². The van der Waals surface area contributed by atoms with Gasteiger partial charge in [-0.05, 0) is 50.1 Å². The molecule has 3 atom stereocenters. The fourth-order valence-electron chi connectivity index (χ4n) is 3.40. The molecule has 0 amide bonds. The Balaban J connectivity index is 1.64. The molecule has 3 rings (SSSR count). The summed E-state index contributed by atoms with van der Waals surface area (Å²) in [5.74, 6) is 0. The molecule has 1 fully saturated rings. The van der Waals surface area contributed by atoms with Crippen LogP contribution in [0.2, 0.25) is 0 Å². The molecule has 1 aromatic carbocycles. The van der Waals surface area contributed by atoms with E-state index in [9.17, 15) is 0 Å². The molecule has 1 N–H and O–H groups in total. The van der Waals surface area contributed by atoms with Crippen LogP contribution in [0.15, 0.2) is 48.8 Å². The van der Waals surface area contributed by atoms with Gasteiger partial charge in [0.05, 0.1) is 18.2 Å². The van der Waals surface area contributed by atoms with Gasteiger partial charge in [0.2, 0.25) is 0 Å². The molecular formula is C20H27N3O. The van der Waals surface area contributed by atoms with E-state index in [1.807, 2.05) is 12.3 Å². The molecule has 2 aromatic rings. The number of rotatable bonds is 5. The van der Waals surface area contributed by atoms with Crippen molar-refractivity contribution < 1.29 is 4.74 Å². The van der Waals surface area contributed by atoms with E-state index < -0.39 is 0 Å². The molecule has 2 heterocycles. The summed E-state index contributed by atoms with van der Waals surface area (Å²) >= 11 is 0. The van der Waals surface area contributed by atoms with Crippen molar-refractivity contribution >= 4 is 5.69 Å². The van der Waals surface area contributed by atoms with E-state index in [1.165, 1.54) is 11.1 Å². The number of hydrogen-bond donors (Lipinski definition) is 1. The average Bonchev–Trinajstić information content (AvgIpc) is 2.55. The largest absolute Gasteiger partial charge is 0.378 e. The second kappa shape index (κ2) is 7.77. The first-order valence-corrected chi connectivity index (χ1v) is 8.73. The van der Waals surface area contributed by atoms with Crippen LogP contribution in [0.1, 0.15) is 37.9 Å². The van der Waals surface area contributed by atoms with Crippen LogP contribution in [0.5, 0.6) is 0 Å². The van der Waals surface area contributed by atoms with Crippen molar-refractivity contribution in [3.63, 3.8) is 0 Å². The number of anilines is 1. The van der Waals surface area contributed by atoms with E-state index >= 15 is 0 Å². The first kappa shape index (κ1) is 16.9. The lowest BCUT2D eigenvalue weighted by atomic mass is 10.1. The highest BCUT2D eigenvalue weighted by Crippen LogP contribution is 2.21. The zero-order valence-electron chi connectivity index (χ0n) is 14.8. The van der Waals surface area contributed by atoms with E-state index in [1.54, 1.807) is 6.20 Å². The van der Waals surface area contributed by atoms with Crippen LogP contribution < -0.4 is 5.32 Å². The fraction of sp³-hybridized carbons (Fsp3) is 0.450. The number of morpholine rings is 1. The molecule has 4 nitrogen and oxygen atoms in total. The van der Waals surface area contributed by atoms with Crippen LogP contribution in [0, 0.1) is 0 Å². The number of pyridine rings is 1. The predicted octanol–water partition coefficient (Wildman–Crippen LogP) is 3.86. The van der Waals surface area contributed by atoms with Gasteiger partial charge in [-0.3, -0.25) is 9.88 Å². The smallest absolute Gasteiger partial charge is 0.0678 e. The van der Waals surface area contributed by atoms with Crippen LogP contribution >= 0.6 is 0 Å². The van der Waals surface area contributed by atoms with E-state index in [0.717, 1.165) is 25.3 Å². The standard InChI is InChI=1S/C20H27N3O/c1-15-12-23(13-16(2)24-15)14-18-6-4-8-20(10-18)22-17(3)19-7-5-9-21-11-19/h4-11,15-17,22H,12-14H2,1-3H3/t15-,16-,17+/m1/s1. The minimum atomic E-state index is 0.234. The maximum Gasteiger partial charge on any atom is 0.0678 e. The van der Waals surface area contributed by atoms with Crippen LogP contribution in [-0.2, 0) is 11.3 Å². The van der Waals surface area contributed by atoms with E-state index in [2.05, 4.69) is 66.3 Å². The van der Waals surface area contributed by atoms with Crippen LogP contribution in [0.4, 0.5) is 5.69 Å². The zero-order valence-corrected chi connectivity index (χ0v) is 14.8. The molecule has 1 aromatic heterocycles. The summed E-state index contributed by atoms with van der Waals surface area (Å²) in [6.07, 6.45) is 4.33. The maximum absolute atomic E-state index is 5.82. The molecule has 1 saturated heterocycles. The van der Waals surface area contributed by atoms with Crippen molar-refractivity contribution in [2.75, 3.05) is 18.4 Å². The molecule has 1 aliphatic heterocycles. The second-order valence-corrected chi connectivity index (χ2v) is 6.80. The van der Waals surface area contributed by atoms with Crippen molar-refractivity contribution in [1.29, 1.82) is 0 Å². The highest BCUT2D eigenvalue weighted by Gasteiger charge is 2.22. The predicted molar refractivity (Wildman–Crippen MR) is 98.0 cm³/mol. The molecule has 0 aliphatic carbocycles. The lowest BCUT2D eigenvalue weighted by Crippen LogP contribution is -2.44. The third kappa shape index (κ3) is 4.56. The SMILES string of the molecule is C[C@@H]1CN(Cc2cccc(N[C@@H](C)c3cccnc3)c2)C[C@@H](C)O1. The molecule has 0 unspecified atom stereocenters. The Morgan fingerprint density at radius 2 is 2.00 bits per heavy atom. The van der Waals surface area contributed by atoms with Gasteiger partial charge in [-0.25, -0.2) is 0 Å². The average molecular weight is 325 g/mol. The van der Waals surface area contributed by atoms with E-state index in [4.69, 9.17) is 4.74 Å². The van der Waals surface area contributed by atoms with Gasteiger partial charge in [-0.15, -0.1) is 0 Å². The highest BCUT2D eigenvalue weighted by atomic mass is 16.5. The Labute approximate surface area is 144 Å². The minimum Gasteiger partial charge on any atom is -0.378 e. The quantitative estimate of drug-likeness (QED) is 0.906. The highest BCUT2D eigenvalue weighted by molar-refractivity contribution is 5.47. The number of aromatic nitrogens is 1. The zero-order chi connectivity index (χ0) is 16.9. The monoisotopic (exact) mass is 325 g/mol. The first-order valence-electron chi connectivity index (χ1n) is 8.73. The fourth-order valence-corrected chi connectivity index (χ4v) is 3.40.